The lowest BCUT2D eigenvalue weighted by molar-refractivity contribution is -0.146. The number of hydrogen-bond acceptors (Lipinski definition) is 5. The van der Waals surface area contributed by atoms with Crippen LogP contribution in [0.2, 0.25) is 5.02 Å². The van der Waals surface area contributed by atoms with Gasteiger partial charge >= 0.3 is 5.97 Å². The number of esters is 1. The van der Waals surface area contributed by atoms with Crippen LogP contribution in [0.25, 0.3) is 0 Å². The van der Waals surface area contributed by atoms with Crippen molar-refractivity contribution < 1.29 is 14.3 Å². The van der Waals surface area contributed by atoms with Crippen molar-refractivity contribution in [3.05, 3.63) is 34.9 Å². The zero-order valence-corrected chi connectivity index (χ0v) is 20.8. The summed E-state index contributed by atoms with van der Waals surface area (Å²) >= 11 is 6.09. The van der Waals surface area contributed by atoms with Gasteiger partial charge < -0.3 is 19.7 Å². The van der Waals surface area contributed by atoms with E-state index in [4.69, 9.17) is 21.1 Å². The minimum Gasteiger partial charge on any atom is -0.469 e. The molecule has 3 rings (SSSR count). The molecule has 0 aliphatic carbocycles. The van der Waals surface area contributed by atoms with Gasteiger partial charge in [-0.25, -0.2) is 0 Å². The number of piperidine rings is 1. The maximum Gasteiger partial charge on any atom is 0.308 e. The second kappa shape index (κ2) is 12.7. The largest absolute Gasteiger partial charge is 0.469 e. The molecule has 7 nitrogen and oxygen atoms in total. The fraction of sp³-hybridized carbons (Fsp3) is 0.619. The van der Waals surface area contributed by atoms with Crippen LogP contribution < -0.4 is 5.32 Å². The highest BCUT2D eigenvalue weighted by molar-refractivity contribution is 14.0. The highest BCUT2D eigenvalue weighted by Crippen LogP contribution is 2.24. The molecule has 0 saturated carbocycles. The molecule has 0 bridgehead atoms. The minimum atomic E-state index is -0.109. The SMILES string of the molecule is CN=C(NCC(c1ccc(Cl)cc1)N1CCOCC1)N1CCC(C(=O)OC)CC1.I. The average molecular weight is 551 g/mol. The number of nitrogens with one attached hydrogen (secondary N) is 1. The van der Waals surface area contributed by atoms with Gasteiger partial charge in [0.05, 0.1) is 32.3 Å². The van der Waals surface area contributed by atoms with Crippen LogP contribution in [0.4, 0.5) is 0 Å². The van der Waals surface area contributed by atoms with Crippen molar-refractivity contribution in [2.75, 3.05) is 60.1 Å². The quantitative estimate of drug-likeness (QED) is 0.263. The van der Waals surface area contributed by atoms with Crippen LogP contribution in [0.3, 0.4) is 0 Å². The van der Waals surface area contributed by atoms with Gasteiger partial charge in [0.15, 0.2) is 5.96 Å². The molecule has 2 fully saturated rings. The standard InChI is InChI=1S/C21H31ClN4O3.HI/c1-23-21(26-9-7-17(8-10-26)20(27)28-2)24-15-19(25-11-13-29-14-12-25)16-3-5-18(22)6-4-16;/h3-6,17,19H,7-15H2,1-2H3,(H,23,24);1H. The van der Waals surface area contributed by atoms with E-state index in [0.29, 0.717) is 0 Å². The van der Waals surface area contributed by atoms with Gasteiger partial charge in [-0.05, 0) is 30.5 Å². The highest BCUT2D eigenvalue weighted by atomic mass is 127. The number of rotatable bonds is 5. The Kier molecular flexibility index (Phi) is 10.6. The first-order valence-corrected chi connectivity index (χ1v) is 10.6. The number of hydrogen-bond donors (Lipinski definition) is 1. The monoisotopic (exact) mass is 550 g/mol. The number of carbonyl (C=O) groups excluding carboxylic acids is 1. The van der Waals surface area contributed by atoms with Crippen molar-refractivity contribution >= 4 is 47.5 Å². The molecule has 2 saturated heterocycles. The molecule has 0 spiro atoms. The number of aliphatic imine (C=N–C) groups is 1. The van der Waals surface area contributed by atoms with Crippen molar-refractivity contribution in [3.63, 3.8) is 0 Å². The van der Waals surface area contributed by atoms with E-state index in [9.17, 15) is 4.79 Å². The van der Waals surface area contributed by atoms with Crippen molar-refractivity contribution in [3.8, 4) is 0 Å². The lowest BCUT2D eigenvalue weighted by Crippen LogP contribution is -2.49. The van der Waals surface area contributed by atoms with Gasteiger partial charge in [0.1, 0.15) is 0 Å². The molecule has 2 aliphatic rings. The zero-order chi connectivity index (χ0) is 20.6. The van der Waals surface area contributed by atoms with E-state index in [0.717, 1.165) is 69.8 Å². The predicted molar refractivity (Wildman–Crippen MR) is 130 cm³/mol. The van der Waals surface area contributed by atoms with Gasteiger partial charge in [0, 0.05) is 44.8 Å². The number of carbonyl (C=O) groups is 1. The molecule has 0 radical (unpaired) electrons. The summed E-state index contributed by atoms with van der Waals surface area (Å²) in [6.07, 6.45) is 1.58. The number of benzene rings is 1. The van der Waals surface area contributed by atoms with Crippen molar-refractivity contribution in [2.45, 2.75) is 18.9 Å². The van der Waals surface area contributed by atoms with Gasteiger partial charge in [0.2, 0.25) is 0 Å². The van der Waals surface area contributed by atoms with Gasteiger partial charge in [-0.15, -0.1) is 24.0 Å². The number of halogens is 2. The average Bonchev–Trinajstić information content (AvgIpc) is 2.78. The Hall–Kier alpha value is -1.10. The summed E-state index contributed by atoms with van der Waals surface area (Å²) in [6, 6.07) is 8.28. The van der Waals surface area contributed by atoms with Crippen LogP contribution in [-0.2, 0) is 14.3 Å². The number of methoxy groups -OCH3 is 1. The van der Waals surface area contributed by atoms with E-state index in [1.807, 2.05) is 12.1 Å². The van der Waals surface area contributed by atoms with Gasteiger partial charge in [-0.3, -0.25) is 14.7 Å². The second-order valence-electron chi connectivity index (χ2n) is 7.43. The Balaban J connectivity index is 0.00000320. The number of guanidine groups is 1. The van der Waals surface area contributed by atoms with E-state index in [-0.39, 0.29) is 41.9 Å². The second-order valence-corrected chi connectivity index (χ2v) is 7.86. The first kappa shape index (κ1) is 25.2. The topological polar surface area (TPSA) is 66.4 Å². The third kappa shape index (κ3) is 6.70. The molecular formula is C21H32ClIN4O3. The molecule has 0 aromatic heterocycles. The molecule has 2 aliphatic heterocycles. The summed E-state index contributed by atoms with van der Waals surface area (Å²) in [6.45, 7) is 5.63. The van der Waals surface area contributed by atoms with E-state index in [2.05, 4.69) is 32.2 Å². The smallest absolute Gasteiger partial charge is 0.308 e. The summed E-state index contributed by atoms with van der Waals surface area (Å²) in [4.78, 5) is 20.9. The maximum atomic E-state index is 11.8. The third-order valence-electron chi connectivity index (χ3n) is 5.74. The fourth-order valence-corrected chi connectivity index (χ4v) is 4.17. The Morgan fingerprint density at radius 1 is 1.23 bits per heavy atom. The van der Waals surface area contributed by atoms with Crippen molar-refractivity contribution in [1.82, 2.24) is 15.1 Å². The lowest BCUT2D eigenvalue weighted by Gasteiger charge is -2.37. The fourth-order valence-electron chi connectivity index (χ4n) is 4.05. The first-order chi connectivity index (χ1) is 14.1. The van der Waals surface area contributed by atoms with Crippen LogP contribution >= 0.6 is 35.6 Å². The molecule has 9 heteroatoms. The Labute approximate surface area is 201 Å². The molecule has 1 atom stereocenters. The van der Waals surface area contributed by atoms with Crippen molar-refractivity contribution in [2.24, 2.45) is 10.9 Å². The zero-order valence-electron chi connectivity index (χ0n) is 17.7. The molecule has 2 heterocycles. The first-order valence-electron chi connectivity index (χ1n) is 10.2. The summed E-state index contributed by atoms with van der Waals surface area (Å²) < 4.78 is 10.4. The molecule has 1 aromatic carbocycles. The number of nitrogens with zero attached hydrogens (tertiary/aromatic N) is 3. The molecule has 168 valence electrons. The van der Waals surface area contributed by atoms with Crippen LogP contribution in [0, 0.1) is 5.92 Å². The molecule has 0 amide bonds. The van der Waals surface area contributed by atoms with E-state index in [1.165, 1.54) is 12.7 Å². The van der Waals surface area contributed by atoms with Crippen LogP contribution in [-0.4, -0.2) is 81.8 Å². The maximum absolute atomic E-state index is 11.8. The highest BCUT2D eigenvalue weighted by Gasteiger charge is 2.28. The molecule has 30 heavy (non-hydrogen) atoms. The summed E-state index contributed by atoms with van der Waals surface area (Å²) in [5, 5.41) is 4.29. The summed E-state index contributed by atoms with van der Waals surface area (Å²) in [5.41, 5.74) is 1.23. The van der Waals surface area contributed by atoms with Crippen molar-refractivity contribution in [1.29, 1.82) is 0 Å². The van der Waals surface area contributed by atoms with E-state index in [1.54, 1.807) is 7.05 Å². The number of morpholine rings is 1. The third-order valence-corrected chi connectivity index (χ3v) is 5.99. The molecule has 1 N–H and O–H groups in total. The Bertz CT molecular complexity index is 690. The van der Waals surface area contributed by atoms with Gasteiger partial charge in [0.25, 0.3) is 0 Å². The van der Waals surface area contributed by atoms with E-state index < -0.39 is 0 Å². The van der Waals surface area contributed by atoms with Crippen LogP contribution in [0.1, 0.15) is 24.4 Å². The predicted octanol–water partition coefficient (Wildman–Crippen LogP) is 2.79. The normalized spacial score (nSPS) is 19.7. The van der Waals surface area contributed by atoms with Crippen LogP contribution in [0.5, 0.6) is 0 Å². The Morgan fingerprint density at radius 3 is 2.43 bits per heavy atom. The number of ether oxygens (including phenoxy) is 2. The van der Waals surface area contributed by atoms with Gasteiger partial charge in [-0.1, -0.05) is 23.7 Å². The number of likely N-dealkylation sites (tertiary alicyclic amines) is 1. The Morgan fingerprint density at radius 2 is 1.87 bits per heavy atom. The molecular weight excluding hydrogens is 519 g/mol. The summed E-state index contributed by atoms with van der Waals surface area (Å²) in [5.74, 6) is 0.757. The molecule has 1 unspecified atom stereocenters. The lowest BCUT2D eigenvalue weighted by atomic mass is 9.97. The molecule has 1 aromatic rings. The summed E-state index contributed by atoms with van der Waals surface area (Å²) in [7, 11) is 3.26. The van der Waals surface area contributed by atoms with Gasteiger partial charge in [-0.2, -0.15) is 0 Å². The van der Waals surface area contributed by atoms with Crippen LogP contribution in [0.15, 0.2) is 29.3 Å². The van der Waals surface area contributed by atoms with E-state index >= 15 is 0 Å². The minimum absolute atomic E-state index is 0.